The van der Waals surface area contributed by atoms with Gasteiger partial charge in [0.2, 0.25) is 0 Å². The van der Waals surface area contributed by atoms with Crippen molar-refractivity contribution in [2.75, 3.05) is 0 Å². The van der Waals surface area contributed by atoms with E-state index in [0.717, 1.165) is 28.2 Å². The Hall–Kier alpha value is -1.54. The first kappa shape index (κ1) is 12.9. The topological polar surface area (TPSA) is 33.4 Å². The molecule has 0 aliphatic rings. The Kier molecular flexibility index (Phi) is 3.31. The van der Waals surface area contributed by atoms with Crippen molar-refractivity contribution < 1.29 is 9.52 Å². The lowest BCUT2D eigenvalue weighted by molar-refractivity contribution is 0.272. The van der Waals surface area contributed by atoms with Crippen molar-refractivity contribution in [3.05, 3.63) is 47.2 Å². The summed E-state index contributed by atoms with van der Waals surface area (Å²) in [5, 5.41) is 9.56. The molecule has 1 aromatic carbocycles. The number of aliphatic hydroxyl groups is 1. The van der Waals surface area contributed by atoms with E-state index in [0.29, 0.717) is 0 Å². The van der Waals surface area contributed by atoms with Gasteiger partial charge >= 0.3 is 0 Å². The van der Waals surface area contributed by atoms with Gasteiger partial charge in [-0.25, -0.2) is 0 Å². The predicted octanol–water partition coefficient (Wildman–Crippen LogP) is 4.04. The zero-order valence-corrected chi connectivity index (χ0v) is 11.4. The van der Waals surface area contributed by atoms with Crippen LogP contribution in [-0.2, 0) is 12.0 Å². The van der Waals surface area contributed by atoms with Gasteiger partial charge in [-0.3, -0.25) is 0 Å². The lowest BCUT2D eigenvalue weighted by Crippen LogP contribution is -2.12. The maximum absolute atomic E-state index is 9.56. The summed E-state index contributed by atoms with van der Waals surface area (Å²) < 4.78 is 6.03. The van der Waals surface area contributed by atoms with Gasteiger partial charge in [-0.1, -0.05) is 51.1 Å². The third-order valence-electron chi connectivity index (χ3n) is 3.15. The second-order valence-corrected chi connectivity index (χ2v) is 5.64. The van der Waals surface area contributed by atoms with E-state index in [1.54, 1.807) is 0 Å². The second kappa shape index (κ2) is 4.62. The highest BCUT2D eigenvalue weighted by molar-refractivity contribution is 5.64. The molecule has 0 amide bonds. The summed E-state index contributed by atoms with van der Waals surface area (Å²) in [5.41, 5.74) is 2.91. The first-order valence-electron chi connectivity index (χ1n) is 6.24. The summed E-state index contributed by atoms with van der Waals surface area (Å²) in [6.45, 7) is 8.32. The van der Waals surface area contributed by atoms with Crippen LogP contribution in [-0.4, -0.2) is 5.11 Å². The van der Waals surface area contributed by atoms with Gasteiger partial charge in [0.25, 0.3) is 0 Å². The highest BCUT2D eigenvalue weighted by Crippen LogP contribution is 2.37. The van der Waals surface area contributed by atoms with Crippen LogP contribution in [0.4, 0.5) is 0 Å². The van der Waals surface area contributed by atoms with Crippen LogP contribution in [0.5, 0.6) is 0 Å². The number of furan rings is 1. The molecule has 1 aromatic heterocycles. The van der Waals surface area contributed by atoms with E-state index in [1.807, 2.05) is 37.3 Å². The lowest BCUT2D eigenvalue weighted by Gasteiger charge is -2.16. The van der Waals surface area contributed by atoms with Crippen molar-refractivity contribution in [1.82, 2.24) is 0 Å². The summed E-state index contributed by atoms with van der Waals surface area (Å²) in [4.78, 5) is 0. The van der Waals surface area contributed by atoms with Gasteiger partial charge in [-0.05, 0) is 6.92 Å². The zero-order chi connectivity index (χ0) is 13.3. The monoisotopic (exact) mass is 244 g/mol. The fourth-order valence-electron chi connectivity index (χ4n) is 2.21. The number of hydrogen-bond acceptors (Lipinski definition) is 2. The van der Waals surface area contributed by atoms with Gasteiger partial charge in [-0.15, -0.1) is 0 Å². The molecule has 2 aromatic rings. The highest BCUT2D eigenvalue weighted by Gasteiger charge is 2.26. The van der Waals surface area contributed by atoms with Crippen molar-refractivity contribution in [2.24, 2.45) is 0 Å². The van der Waals surface area contributed by atoms with Crippen LogP contribution in [0.25, 0.3) is 11.3 Å². The average Bonchev–Trinajstić information content (AvgIpc) is 2.67. The standard InChI is InChI=1S/C16H20O2/c1-11-13(10-17)15(16(2,3)4)18-14(11)12-8-6-5-7-9-12/h5-9,17H,10H2,1-4H3. The average molecular weight is 244 g/mol. The molecule has 0 saturated heterocycles. The number of aliphatic hydroxyl groups excluding tert-OH is 1. The second-order valence-electron chi connectivity index (χ2n) is 5.64. The Bertz CT molecular complexity index is 530. The molecule has 0 unspecified atom stereocenters. The molecule has 2 rings (SSSR count). The molecule has 0 radical (unpaired) electrons. The van der Waals surface area contributed by atoms with Crippen LogP contribution in [0.15, 0.2) is 34.7 Å². The summed E-state index contributed by atoms with van der Waals surface area (Å²) in [7, 11) is 0. The molecule has 1 N–H and O–H groups in total. The molecule has 96 valence electrons. The molecule has 0 aliphatic carbocycles. The molecule has 0 fully saturated rings. The van der Waals surface area contributed by atoms with E-state index in [-0.39, 0.29) is 12.0 Å². The molecule has 1 heterocycles. The fourth-order valence-corrected chi connectivity index (χ4v) is 2.21. The first-order chi connectivity index (χ1) is 8.45. The normalized spacial score (nSPS) is 11.8. The van der Waals surface area contributed by atoms with E-state index >= 15 is 0 Å². The molecular formula is C16H20O2. The van der Waals surface area contributed by atoms with Crippen LogP contribution >= 0.6 is 0 Å². The Balaban J connectivity index is 2.61. The van der Waals surface area contributed by atoms with Gasteiger partial charge in [0.1, 0.15) is 11.5 Å². The van der Waals surface area contributed by atoms with Crippen molar-refractivity contribution in [3.63, 3.8) is 0 Å². The van der Waals surface area contributed by atoms with Crippen LogP contribution in [0, 0.1) is 6.92 Å². The minimum Gasteiger partial charge on any atom is -0.460 e. The maximum atomic E-state index is 9.56. The van der Waals surface area contributed by atoms with Crippen LogP contribution < -0.4 is 0 Å². The van der Waals surface area contributed by atoms with Gasteiger partial charge in [0.15, 0.2) is 0 Å². The SMILES string of the molecule is Cc1c(-c2ccccc2)oc(C(C)(C)C)c1CO. The van der Waals surface area contributed by atoms with E-state index in [2.05, 4.69) is 20.8 Å². The van der Waals surface area contributed by atoms with Crippen molar-refractivity contribution >= 4 is 0 Å². The van der Waals surface area contributed by atoms with E-state index in [9.17, 15) is 5.11 Å². The summed E-state index contributed by atoms with van der Waals surface area (Å²) in [5.74, 6) is 1.74. The molecule has 0 spiro atoms. The maximum Gasteiger partial charge on any atom is 0.137 e. The van der Waals surface area contributed by atoms with Crippen LogP contribution in [0.2, 0.25) is 0 Å². The van der Waals surface area contributed by atoms with Crippen molar-refractivity contribution in [2.45, 2.75) is 39.7 Å². The molecule has 2 heteroatoms. The Labute approximate surface area is 108 Å². The Morgan fingerprint density at radius 3 is 2.17 bits per heavy atom. The number of rotatable bonds is 2. The van der Waals surface area contributed by atoms with E-state index in [4.69, 9.17) is 4.42 Å². The summed E-state index contributed by atoms with van der Waals surface area (Å²) in [6.07, 6.45) is 0. The highest BCUT2D eigenvalue weighted by atomic mass is 16.3. The third kappa shape index (κ3) is 2.21. The van der Waals surface area contributed by atoms with Gasteiger partial charge in [0.05, 0.1) is 6.61 Å². The van der Waals surface area contributed by atoms with E-state index in [1.165, 1.54) is 0 Å². The predicted molar refractivity (Wildman–Crippen MR) is 73.5 cm³/mol. The van der Waals surface area contributed by atoms with Crippen LogP contribution in [0.3, 0.4) is 0 Å². The van der Waals surface area contributed by atoms with E-state index < -0.39 is 0 Å². The summed E-state index contributed by atoms with van der Waals surface area (Å²) in [6, 6.07) is 10.0. The fraction of sp³-hybridized carbons (Fsp3) is 0.375. The molecule has 0 bridgehead atoms. The molecule has 0 aliphatic heterocycles. The Morgan fingerprint density at radius 1 is 1.11 bits per heavy atom. The van der Waals surface area contributed by atoms with Crippen molar-refractivity contribution in [1.29, 1.82) is 0 Å². The third-order valence-corrected chi connectivity index (χ3v) is 3.15. The quantitative estimate of drug-likeness (QED) is 0.864. The lowest BCUT2D eigenvalue weighted by atomic mass is 9.89. The van der Waals surface area contributed by atoms with Gasteiger partial charge in [0, 0.05) is 22.1 Å². The Morgan fingerprint density at radius 2 is 1.72 bits per heavy atom. The number of hydrogen-bond donors (Lipinski definition) is 1. The van der Waals surface area contributed by atoms with Crippen molar-refractivity contribution in [3.8, 4) is 11.3 Å². The van der Waals surface area contributed by atoms with Gasteiger partial charge in [-0.2, -0.15) is 0 Å². The minimum absolute atomic E-state index is 0.0226. The molecule has 2 nitrogen and oxygen atoms in total. The van der Waals surface area contributed by atoms with Gasteiger partial charge < -0.3 is 9.52 Å². The molecular weight excluding hydrogens is 224 g/mol. The zero-order valence-electron chi connectivity index (χ0n) is 11.4. The van der Waals surface area contributed by atoms with Crippen LogP contribution in [0.1, 0.15) is 37.7 Å². The molecule has 0 saturated carbocycles. The smallest absolute Gasteiger partial charge is 0.137 e. The molecule has 0 atom stereocenters. The minimum atomic E-state index is -0.101. The largest absolute Gasteiger partial charge is 0.460 e. The number of benzene rings is 1. The molecule has 18 heavy (non-hydrogen) atoms. The first-order valence-corrected chi connectivity index (χ1v) is 6.24. The summed E-state index contributed by atoms with van der Waals surface area (Å²) >= 11 is 0.